The van der Waals surface area contributed by atoms with Crippen LogP contribution in [0.25, 0.3) is 11.1 Å². The molecule has 0 radical (unpaired) electrons. The highest BCUT2D eigenvalue weighted by Gasteiger charge is 2.42. The molecule has 7 nitrogen and oxygen atoms in total. The number of nitrogens with one attached hydrogen (secondary N) is 1. The van der Waals surface area contributed by atoms with E-state index in [0.29, 0.717) is 6.61 Å². The molecule has 1 atom stereocenters. The van der Waals surface area contributed by atoms with Crippen LogP contribution in [0.3, 0.4) is 0 Å². The fraction of sp³-hybridized carbons (Fsp3) is 0.417. The van der Waals surface area contributed by atoms with Gasteiger partial charge in [-0.3, -0.25) is 4.79 Å². The molecule has 0 bridgehead atoms. The molecule has 31 heavy (non-hydrogen) atoms. The number of amides is 1. The Kier molecular flexibility index (Phi) is 4.48. The first kappa shape index (κ1) is 19.9. The number of nitrogens with zero attached hydrogens (tertiary/aromatic N) is 4. The van der Waals surface area contributed by atoms with Gasteiger partial charge in [0, 0.05) is 31.4 Å². The van der Waals surface area contributed by atoms with Crippen LogP contribution in [0.2, 0.25) is 0 Å². The van der Waals surface area contributed by atoms with E-state index in [1.54, 1.807) is 0 Å². The van der Waals surface area contributed by atoms with E-state index in [1.807, 2.05) is 11.8 Å². The number of carbonyl (C=O) groups excluding carboxylic acids is 1. The summed E-state index contributed by atoms with van der Waals surface area (Å²) in [6, 6.07) is 12.5. The molecule has 3 heterocycles. The van der Waals surface area contributed by atoms with Crippen molar-refractivity contribution in [2.24, 2.45) is 5.10 Å². The summed E-state index contributed by atoms with van der Waals surface area (Å²) in [4.78, 5) is 19.0. The Hall–Kier alpha value is -3.06. The number of hydrazone groups is 1. The zero-order chi connectivity index (χ0) is 21.9. The Balaban J connectivity index is 1.68. The molecule has 1 N–H and O–H groups in total. The molecule has 7 heteroatoms. The predicted octanol–water partition coefficient (Wildman–Crippen LogP) is 2.83. The maximum Gasteiger partial charge on any atom is 0.262 e. The first-order valence-corrected chi connectivity index (χ1v) is 10.7. The summed E-state index contributed by atoms with van der Waals surface area (Å²) in [6.45, 7) is 8.65. The Morgan fingerprint density at radius 2 is 2.03 bits per heavy atom. The fourth-order valence-corrected chi connectivity index (χ4v) is 5.00. The van der Waals surface area contributed by atoms with Crippen molar-refractivity contribution in [3.05, 3.63) is 42.0 Å². The average Bonchev–Trinajstić information content (AvgIpc) is 2.73. The van der Waals surface area contributed by atoms with E-state index in [0.717, 1.165) is 47.2 Å². The Morgan fingerprint density at radius 1 is 1.26 bits per heavy atom. The van der Waals surface area contributed by atoms with Gasteiger partial charge in [0.15, 0.2) is 5.84 Å². The zero-order valence-corrected chi connectivity index (χ0v) is 18.8. The fourth-order valence-electron chi connectivity index (χ4n) is 5.00. The van der Waals surface area contributed by atoms with E-state index >= 15 is 0 Å². The van der Waals surface area contributed by atoms with Crippen molar-refractivity contribution in [1.29, 1.82) is 0 Å². The lowest BCUT2D eigenvalue weighted by atomic mass is 9.89. The molecule has 3 aliphatic rings. The molecule has 1 saturated heterocycles. The van der Waals surface area contributed by atoms with E-state index in [9.17, 15) is 4.79 Å². The highest BCUT2D eigenvalue weighted by molar-refractivity contribution is 6.10. The van der Waals surface area contributed by atoms with Crippen LogP contribution in [0, 0.1) is 6.92 Å². The van der Waals surface area contributed by atoms with Gasteiger partial charge in [-0.25, -0.2) is 5.43 Å². The van der Waals surface area contributed by atoms with Crippen LogP contribution >= 0.6 is 0 Å². The van der Waals surface area contributed by atoms with E-state index in [4.69, 9.17) is 4.74 Å². The van der Waals surface area contributed by atoms with Gasteiger partial charge < -0.3 is 19.4 Å². The van der Waals surface area contributed by atoms with Gasteiger partial charge in [0.1, 0.15) is 18.4 Å². The second kappa shape index (κ2) is 6.99. The highest BCUT2D eigenvalue weighted by Crippen LogP contribution is 2.45. The summed E-state index contributed by atoms with van der Waals surface area (Å²) in [5.41, 5.74) is 8.17. The monoisotopic (exact) mass is 419 g/mol. The van der Waals surface area contributed by atoms with Crippen LogP contribution in [0.4, 0.5) is 11.4 Å². The van der Waals surface area contributed by atoms with Crippen LogP contribution in [0.1, 0.15) is 19.4 Å². The molecule has 0 aromatic heterocycles. The molecule has 1 unspecified atom stereocenters. The summed E-state index contributed by atoms with van der Waals surface area (Å²) in [6.07, 6.45) is 0. The number of hydrogen-bond acceptors (Lipinski definition) is 6. The molecular weight excluding hydrogens is 390 g/mol. The Labute approximate surface area is 183 Å². The van der Waals surface area contributed by atoms with Crippen molar-refractivity contribution in [3.63, 3.8) is 0 Å². The summed E-state index contributed by atoms with van der Waals surface area (Å²) < 4.78 is 6.10. The largest absolute Gasteiger partial charge is 0.483 e. The van der Waals surface area contributed by atoms with Gasteiger partial charge in [-0.15, -0.1) is 0 Å². The lowest BCUT2D eigenvalue weighted by Gasteiger charge is -2.53. The number of ether oxygens (including phenoxy) is 1. The second-order valence-electron chi connectivity index (χ2n) is 9.27. The van der Waals surface area contributed by atoms with E-state index in [1.165, 1.54) is 5.56 Å². The van der Waals surface area contributed by atoms with Gasteiger partial charge in [0.25, 0.3) is 5.91 Å². The van der Waals surface area contributed by atoms with Gasteiger partial charge in [0.05, 0.1) is 11.2 Å². The van der Waals surface area contributed by atoms with Crippen LogP contribution in [-0.2, 0) is 4.79 Å². The van der Waals surface area contributed by atoms with Crippen LogP contribution in [-0.4, -0.2) is 62.0 Å². The number of benzene rings is 2. The van der Waals surface area contributed by atoms with Gasteiger partial charge in [-0.2, -0.15) is 5.10 Å². The lowest BCUT2D eigenvalue weighted by Crippen LogP contribution is -2.66. The van der Waals surface area contributed by atoms with Gasteiger partial charge in [-0.05, 0) is 45.5 Å². The highest BCUT2D eigenvalue weighted by atomic mass is 16.5. The summed E-state index contributed by atoms with van der Waals surface area (Å²) in [5, 5.41) is 4.23. The zero-order valence-electron chi connectivity index (χ0n) is 18.8. The maximum atomic E-state index is 12.3. The number of anilines is 2. The molecule has 2 aromatic rings. The Bertz CT molecular complexity index is 1090. The number of hydrogen-bond donors (Lipinski definition) is 1. The standard InChI is InChI=1S/C24H29N5O2/c1-15-7-6-8-17(9-15)18-10-21-20(11-19(18)28(5)24(3)13-27(4)14-24)29-16(2)23(30)26-25-22(29)12-31-21/h6-11,16H,12-14H2,1-5H3,(H,26,30). The molecule has 0 spiro atoms. The number of carbonyl (C=O) groups is 1. The summed E-state index contributed by atoms with van der Waals surface area (Å²) >= 11 is 0. The number of amidine groups is 1. The minimum atomic E-state index is -0.344. The van der Waals surface area contributed by atoms with E-state index < -0.39 is 0 Å². The average molecular weight is 420 g/mol. The van der Waals surface area contributed by atoms with Gasteiger partial charge >= 0.3 is 0 Å². The van der Waals surface area contributed by atoms with Crippen molar-refractivity contribution in [1.82, 2.24) is 10.3 Å². The summed E-state index contributed by atoms with van der Waals surface area (Å²) in [7, 11) is 4.31. The number of fused-ring (bicyclic) bond motifs is 3. The van der Waals surface area contributed by atoms with Gasteiger partial charge in [0.2, 0.25) is 0 Å². The normalized spacial score (nSPS) is 21.8. The third kappa shape index (κ3) is 3.15. The topological polar surface area (TPSA) is 60.4 Å². The van der Waals surface area contributed by atoms with Crippen molar-refractivity contribution in [2.75, 3.05) is 43.6 Å². The van der Waals surface area contributed by atoms with Crippen molar-refractivity contribution in [3.8, 4) is 16.9 Å². The van der Waals surface area contributed by atoms with E-state index in [2.05, 4.69) is 84.7 Å². The van der Waals surface area contributed by atoms with Crippen LogP contribution in [0.5, 0.6) is 5.75 Å². The minimum absolute atomic E-state index is 0.0406. The molecule has 5 rings (SSSR count). The molecule has 1 fully saturated rings. The molecule has 162 valence electrons. The van der Waals surface area contributed by atoms with Crippen LogP contribution in [0.15, 0.2) is 41.5 Å². The minimum Gasteiger partial charge on any atom is -0.483 e. The molecule has 1 amide bonds. The first-order valence-electron chi connectivity index (χ1n) is 10.7. The SMILES string of the molecule is Cc1cccc(-c2cc3c(cc2N(C)C2(C)CN(C)C2)N2C(=NNC(=O)C2C)CO3)c1. The quantitative estimate of drug-likeness (QED) is 0.829. The number of aryl methyl sites for hydroxylation is 1. The van der Waals surface area contributed by atoms with Gasteiger partial charge in [-0.1, -0.05) is 29.8 Å². The van der Waals surface area contributed by atoms with E-state index in [-0.39, 0.29) is 17.5 Å². The number of likely N-dealkylation sites (tertiary alicyclic amines) is 1. The molecular formula is C24H29N5O2. The first-order chi connectivity index (χ1) is 14.8. The maximum absolute atomic E-state index is 12.3. The summed E-state index contributed by atoms with van der Waals surface area (Å²) in [5.74, 6) is 1.40. The number of rotatable bonds is 3. The Morgan fingerprint density at radius 3 is 2.74 bits per heavy atom. The molecule has 3 aliphatic heterocycles. The van der Waals surface area contributed by atoms with Crippen molar-refractivity contribution in [2.45, 2.75) is 32.4 Å². The molecule has 0 aliphatic carbocycles. The smallest absolute Gasteiger partial charge is 0.262 e. The number of likely N-dealkylation sites (N-methyl/N-ethyl adjacent to an activating group) is 2. The van der Waals surface area contributed by atoms with Crippen molar-refractivity contribution < 1.29 is 9.53 Å². The predicted molar refractivity (Wildman–Crippen MR) is 124 cm³/mol. The van der Waals surface area contributed by atoms with Crippen LogP contribution < -0.4 is 20.0 Å². The third-order valence-corrected chi connectivity index (χ3v) is 6.75. The second-order valence-corrected chi connectivity index (χ2v) is 9.27. The molecule has 0 saturated carbocycles. The molecule has 2 aromatic carbocycles. The lowest BCUT2D eigenvalue weighted by molar-refractivity contribution is -0.122. The third-order valence-electron chi connectivity index (χ3n) is 6.75. The van der Waals surface area contributed by atoms with Crippen molar-refractivity contribution >= 4 is 23.1 Å².